The van der Waals surface area contributed by atoms with Gasteiger partial charge < -0.3 is 4.74 Å². The summed E-state index contributed by atoms with van der Waals surface area (Å²) in [5, 5.41) is -0.207. The van der Waals surface area contributed by atoms with E-state index in [0.717, 1.165) is 25.1 Å². The molecule has 0 fully saturated rings. The number of hydrogen-bond donors (Lipinski definition) is 0. The second-order valence-electron chi connectivity index (χ2n) is 3.82. The molecule has 18 heavy (non-hydrogen) atoms. The molecule has 1 heterocycles. The van der Waals surface area contributed by atoms with E-state index in [4.69, 9.17) is 16.3 Å². The summed E-state index contributed by atoms with van der Waals surface area (Å²) < 4.78 is 7.42. The number of methoxy groups -OCH3 is 1. The Morgan fingerprint density at radius 3 is 2.56 bits per heavy atom. The largest absolute Gasteiger partial charge is 0.496 e. The maximum Gasteiger partial charge on any atom is 0.125 e. The highest BCUT2D eigenvalue weighted by Crippen LogP contribution is 2.42. The normalized spacial score (nSPS) is 12.5. The van der Waals surface area contributed by atoms with Gasteiger partial charge in [-0.3, -0.25) is 0 Å². The van der Waals surface area contributed by atoms with Crippen LogP contribution in [-0.2, 0) is 0 Å². The molecule has 0 radical (unpaired) electrons. The monoisotopic (exact) mass is 408 g/mol. The van der Waals surface area contributed by atoms with E-state index in [1.165, 1.54) is 4.88 Å². The first kappa shape index (κ1) is 14.4. The molecule has 0 aliphatic rings. The summed E-state index contributed by atoms with van der Waals surface area (Å²) in [6.07, 6.45) is 0. The zero-order valence-electron chi connectivity index (χ0n) is 9.84. The van der Waals surface area contributed by atoms with Crippen LogP contribution in [0, 0.1) is 6.92 Å². The van der Waals surface area contributed by atoms with Gasteiger partial charge in [-0.25, -0.2) is 0 Å². The van der Waals surface area contributed by atoms with E-state index in [1.54, 1.807) is 18.4 Å². The van der Waals surface area contributed by atoms with Gasteiger partial charge in [-0.2, -0.15) is 0 Å². The minimum absolute atomic E-state index is 0.207. The Bertz CT molecular complexity index is 568. The van der Waals surface area contributed by atoms with E-state index in [1.807, 2.05) is 18.2 Å². The Balaban J connectivity index is 2.45. The molecule has 0 saturated heterocycles. The van der Waals surface area contributed by atoms with Gasteiger partial charge in [-0.05, 0) is 41.1 Å². The van der Waals surface area contributed by atoms with Crippen LogP contribution in [0.3, 0.4) is 0 Å². The molecule has 1 atom stereocenters. The van der Waals surface area contributed by atoms with Gasteiger partial charge in [0.15, 0.2) is 0 Å². The number of ether oxygens (including phenoxy) is 1. The first-order valence-corrected chi connectivity index (χ1v) is 8.10. The molecule has 0 saturated carbocycles. The van der Waals surface area contributed by atoms with E-state index in [2.05, 4.69) is 44.8 Å². The highest BCUT2D eigenvalue weighted by Gasteiger charge is 2.20. The van der Waals surface area contributed by atoms with Crippen molar-refractivity contribution in [3.05, 3.63) is 48.5 Å². The Morgan fingerprint density at radius 1 is 1.28 bits per heavy atom. The lowest BCUT2D eigenvalue weighted by Gasteiger charge is -2.13. The molecule has 2 aromatic rings. The summed E-state index contributed by atoms with van der Waals surface area (Å²) in [7, 11) is 1.66. The zero-order chi connectivity index (χ0) is 13.3. The maximum atomic E-state index is 6.57. The van der Waals surface area contributed by atoms with Crippen LogP contribution < -0.4 is 4.74 Å². The predicted octanol–water partition coefficient (Wildman–Crippen LogP) is 5.92. The smallest absolute Gasteiger partial charge is 0.125 e. The number of thiophene rings is 1. The number of benzene rings is 1. The van der Waals surface area contributed by atoms with Crippen LogP contribution in [0.2, 0.25) is 0 Å². The van der Waals surface area contributed by atoms with Gasteiger partial charge in [0.1, 0.15) is 5.75 Å². The summed E-state index contributed by atoms with van der Waals surface area (Å²) in [6.45, 7) is 2.07. The zero-order valence-corrected chi connectivity index (χ0v) is 14.6. The van der Waals surface area contributed by atoms with E-state index in [0.29, 0.717) is 0 Å². The molecule has 0 aliphatic carbocycles. The molecule has 2 rings (SSSR count). The fourth-order valence-electron chi connectivity index (χ4n) is 1.71. The lowest BCUT2D eigenvalue weighted by molar-refractivity contribution is 0.410. The summed E-state index contributed by atoms with van der Waals surface area (Å²) in [4.78, 5) is 2.34. The minimum Gasteiger partial charge on any atom is -0.496 e. The Labute approximate surface area is 132 Å². The molecule has 0 amide bonds. The van der Waals surface area contributed by atoms with Crippen LogP contribution in [0.1, 0.15) is 20.7 Å². The second-order valence-corrected chi connectivity index (χ2v) is 7.31. The van der Waals surface area contributed by atoms with E-state index < -0.39 is 0 Å². The van der Waals surface area contributed by atoms with E-state index in [-0.39, 0.29) is 5.38 Å². The number of alkyl halides is 1. The van der Waals surface area contributed by atoms with Gasteiger partial charge in [-0.1, -0.05) is 22.0 Å². The van der Waals surface area contributed by atoms with Gasteiger partial charge in [0, 0.05) is 24.3 Å². The van der Waals surface area contributed by atoms with Crippen molar-refractivity contribution in [2.75, 3.05) is 7.11 Å². The summed E-state index contributed by atoms with van der Waals surface area (Å²) in [5.74, 6) is 0.794. The van der Waals surface area contributed by atoms with Crippen molar-refractivity contribution in [1.82, 2.24) is 0 Å². The van der Waals surface area contributed by atoms with Crippen molar-refractivity contribution in [3.63, 3.8) is 0 Å². The summed E-state index contributed by atoms with van der Waals surface area (Å²) in [5.41, 5.74) is 0.977. The van der Waals surface area contributed by atoms with Gasteiger partial charge in [0.25, 0.3) is 0 Å². The van der Waals surface area contributed by atoms with Crippen molar-refractivity contribution in [1.29, 1.82) is 0 Å². The van der Waals surface area contributed by atoms with Crippen LogP contribution >= 0.6 is 54.8 Å². The van der Waals surface area contributed by atoms with Crippen molar-refractivity contribution in [2.45, 2.75) is 12.3 Å². The first-order valence-electron chi connectivity index (χ1n) is 5.26. The molecule has 1 nitrogen and oxygen atoms in total. The SMILES string of the molecule is COc1cc(Br)ccc1C(Cl)c1sc(C)cc1Br. The standard InChI is InChI=1S/C13H11Br2ClOS/c1-7-5-10(15)13(18-7)12(16)9-4-3-8(14)6-11(9)17-2/h3-6,12H,1-2H3. The maximum absolute atomic E-state index is 6.57. The van der Waals surface area contributed by atoms with Crippen LogP contribution in [-0.4, -0.2) is 7.11 Å². The fraction of sp³-hybridized carbons (Fsp3) is 0.231. The molecule has 0 bridgehead atoms. The molecular formula is C13H11Br2ClOS. The van der Waals surface area contributed by atoms with Crippen LogP contribution in [0.5, 0.6) is 5.75 Å². The third kappa shape index (κ3) is 2.93. The van der Waals surface area contributed by atoms with Crippen molar-refractivity contribution >= 4 is 54.8 Å². The molecule has 96 valence electrons. The Kier molecular flexibility index (Phi) is 4.75. The van der Waals surface area contributed by atoms with Crippen molar-refractivity contribution in [2.24, 2.45) is 0 Å². The third-order valence-corrected chi connectivity index (χ3v) is 5.64. The van der Waals surface area contributed by atoms with E-state index in [9.17, 15) is 0 Å². The first-order chi connectivity index (χ1) is 8.52. The highest BCUT2D eigenvalue weighted by molar-refractivity contribution is 9.10. The minimum atomic E-state index is -0.207. The Morgan fingerprint density at radius 2 is 2.00 bits per heavy atom. The van der Waals surface area contributed by atoms with Gasteiger partial charge in [0.2, 0.25) is 0 Å². The third-order valence-electron chi connectivity index (χ3n) is 2.54. The Hall–Kier alpha value is -0.0300. The topological polar surface area (TPSA) is 9.23 Å². The second kappa shape index (κ2) is 5.95. The van der Waals surface area contributed by atoms with Gasteiger partial charge in [0.05, 0.1) is 12.5 Å². The molecule has 1 aromatic carbocycles. The molecular weight excluding hydrogens is 399 g/mol. The molecule has 0 spiro atoms. The summed E-state index contributed by atoms with van der Waals surface area (Å²) in [6, 6.07) is 7.98. The quantitative estimate of drug-likeness (QED) is 0.571. The van der Waals surface area contributed by atoms with Gasteiger partial charge in [-0.15, -0.1) is 22.9 Å². The number of rotatable bonds is 3. The van der Waals surface area contributed by atoms with Crippen LogP contribution in [0.15, 0.2) is 33.2 Å². The average Bonchev–Trinajstić information content (AvgIpc) is 2.67. The van der Waals surface area contributed by atoms with Crippen LogP contribution in [0.25, 0.3) is 0 Å². The number of hydrogen-bond acceptors (Lipinski definition) is 2. The predicted molar refractivity (Wildman–Crippen MR) is 85.1 cm³/mol. The van der Waals surface area contributed by atoms with Crippen LogP contribution in [0.4, 0.5) is 0 Å². The average molecular weight is 411 g/mol. The lowest BCUT2D eigenvalue weighted by atomic mass is 10.1. The number of aryl methyl sites for hydroxylation is 1. The molecule has 0 aliphatic heterocycles. The highest BCUT2D eigenvalue weighted by atomic mass is 79.9. The molecule has 5 heteroatoms. The molecule has 1 aromatic heterocycles. The lowest BCUT2D eigenvalue weighted by Crippen LogP contribution is -1.96. The fourth-order valence-corrected chi connectivity index (χ4v) is 4.49. The van der Waals surface area contributed by atoms with Gasteiger partial charge >= 0.3 is 0 Å². The van der Waals surface area contributed by atoms with Crippen molar-refractivity contribution in [3.8, 4) is 5.75 Å². The van der Waals surface area contributed by atoms with E-state index >= 15 is 0 Å². The van der Waals surface area contributed by atoms with Crippen molar-refractivity contribution < 1.29 is 4.74 Å². The number of halogens is 3. The molecule has 0 N–H and O–H groups in total. The molecule has 1 unspecified atom stereocenters. The summed E-state index contributed by atoms with van der Waals surface area (Å²) >= 11 is 15.2.